The summed E-state index contributed by atoms with van der Waals surface area (Å²) in [6.45, 7) is 2.15. The topological polar surface area (TPSA) is 120 Å². The fourth-order valence-corrected chi connectivity index (χ4v) is 1.91. The van der Waals surface area contributed by atoms with Gasteiger partial charge in [-0.05, 0) is 25.0 Å². The summed E-state index contributed by atoms with van der Waals surface area (Å²) in [7, 11) is 0. The molecule has 0 amide bonds. The monoisotopic (exact) mass is 284 g/mol. The third kappa shape index (κ3) is 3.57. The van der Waals surface area contributed by atoms with Gasteiger partial charge in [-0.15, -0.1) is 0 Å². The van der Waals surface area contributed by atoms with Crippen LogP contribution in [0, 0.1) is 11.3 Å². The lowest BCUT2D eigenvalue weighted by Crippen LogP contribution is -2.07. The van der Waals surface area contributed by atoms with Gasteiger partial charge < -0.3 is 11.1 Å². The Kier molecular flexibility index (Phi) is 4.51. The summed E-state index contributed by atoms with van der Waals surface area (Å²) in [5.74, 6) is 0.828. The summed E-state index contributed by atoms with van der Waals surface area (Å²) in [6.07, 6.45) is 1.44. The Labute approximate surface area is 122 Å². The number of nitrogens with two attached hydrogens (primary N) is 1. The average Bonchev–Trinajstić information content (AvgIpc) is 2.84. The zero-order chi connectivity index (χ0) is 15.2. The van der Waals surface area contributed by atoms with Crippen molar-refractivity contribution in [2.75, 3.05) is 17.6 Å². The van der Waals surface area contributed by atoms with E-state index in [0.29, 0.717) is 30.0 Å². The molecule has 2 aromatic rings. The van der Waals surface area contributed by atoms with Crippen molar-refractivity contribution < 1.29 is 4.79 Å². The van der Waals surface area contributed by atoms with Crippen LogP contribution in [0.4, 0.5) is 11.6 Å². The van der Waals surface area contributed by atoms with Crippen molar-refractivity contribution >= 4 is 17.4 Å². The molecule has 21 heavy (non-hydrogen) atoms. The minimum absolute atomic E-state index is 0.0646. The van der Waals surface area contributed by atoms with Crippen LogP contribution in [0.2, 0.25) is 0 Å². The standard InChI is InChI=1S/C14H16N6O/c1-9(21)11-4-2-6-13(18-11)17-7-3-5-12-10(8-15)14(16)20-19-12/h2,4,6H,3,5,7H2,1H3,(H,17,18)(H3,16,19,20). The van der Waals surface area contributed by atoms with E-state index in [1.54, 1.807) is 18.2 Å². The highest BCUT2D eigenvalue weighted by molar-refractivity contribution is 5.92. The first-order valence-corrected chi connectivity index (χ1v) is 6.56. The molecule has 0 bridgehead atoms. The summed E-state index contributed by atoms with van der Waals surface area (Å²) in [5, 5.41) is 18.7. The maximum atomic E-state index is 11.2. The van der Waals surface area contributed by atoms with Gasteiger partial charge in [-0.3, -0.25) is 9.89 Å². The van der Waals surface area contributed by atoms with Crippen LogP contribution in [0.25, 0.3) is 0 Å². The number of H-pyrrole nitrogens is 1. The molecular formula is C14H16N6O. The maximum absolute atomic E-state index is 11.2. The molecule has 2 heterocycles. The van der Waals surface area contributed by atoms with Gasteiger partial charge in [-0.25, -0.2) is 4.98 Å². The smallest absolute Gasteiger partial charge is 0.178 e. The molecule has 0 aliphatic heterocycles. The van der Waals surface area contributed by atoms with E-state index in [9.17, 15) is 4.79 Å². The van der Waals surface area contributed by atoms with Gasteiger partial charge in [-0.1, -0.05) is 6.07 Å². The summed E-state index contributed by atoms with van der Waals surface area (Å²) in [4.78, 5) is 15.4. The molecule has 2 aromatic heterocycles. The first kappa shape index (κ1) is 14.5. The molecule has 0 aromatic carbocycles. The van der Waals surface area contributed by atoms with Gasteiger partial charge in [0, 0.05) is 13.5 Å². The van der Waals surface area contributed by atoms with E-state index in [4.69, 9.17) is 11.0 Å². The highest BCUT2D eigenvalue weighted by Gasteiger charge is 2.09. The normalized spacial score (nSPS) is 10.1. The van der Waals surface area contributed by atoms with Crippen molar-refractivity contribution in [2.45, 2.75) is 19.8 Å². The maximum Gasteiger partial charge on any atom is 0.178 e. The molecule has 4 N–H and O–H groups in total. The Morgan fingerprint density at radius 1 is 1.52 bits per heavy atom. The van der Waals surface area contributed by atoms with Gasteiger partial charge in [0.1, 0.15) is 23.1 Å². The SMILES string of the molecule is CC(=O)c1cccc(NCCCc2[nH]nc(N)c2C#N)n1. The van der Waals surface area contributed by atoms with Crippen molar-refractivity contribution in [3.8, 4) is 6.07 Å². The Morgan fingerprint density at radius 3 is 3.05 bits per heavy atom. The number of Topliss-reactive ketones (excluding diaryl/α,β-unsaturated/α-hetero) is 1. The highest BCUT2D eigenvalue weighted by atomic mass is 16.1. The average molecular weight is 284 g/mol. The van der Waals surface area contributed by atoms with Crippen LogP contribution in [-0.4, -0.2) is 27.5 Å². The fraction of sp³-hybridized carbons (Fsp3) is 0.286. The predicted octanol–water partition coefficient (Wildman–Crippen LogP) is 1.51. The number of pyridine rings is 1. The van der Waals surface area contributed by atoms with Crippen LogP contribution in [0.1, 0.15) is 35.1 Å². The van der Waals surface area contributed by atoms with Crippen molar-refractivity contribution in [1.29, 1.82) is 5.26 Å². The Morgan fingerprint density at radius 2 is 2.33 bits per heavy atom. The number of aromatic nitrogens is 3. The number of ketones is 1. The molecule has 0 saturated carbocycles. The number of carbonyl (C=O) groups is 1. The van der Waals surface area contributed by atoms with Crippen molar-refractivity contribution in [3.63, 3.8) is 0 Å². The molecule has 0 unspecified atom stereocenters. The van der Waals surface area contributed by atoms with E-state index in [-0.39, 0.29) is 11.6 Å². The van der Waals surface area contributed by atoms with Crippen LogP contribution in [0.15, 0.2) is 18.2 Å². The van der Waals surface area contributed by atoms with Gasteiger partial charge in [0.2, 0.25) is 0 Å². The number of hydrogen-bond donors (Lipinski definition) is 3. The van der Waals surface area contributed by atoms with Gasteiger partial charge in [-0.2, -0.15) is 10.4 Å². The molecular weight excluding hydrogens is 268 g/mol. The number of nitrogens with zero attached hydrogens (tertiary/aromatic N) is 3. The molecule has 0 atom stereocenters. The van der Waals surface area contributed by atoms with Crippen molar-refractivity contribution in [1.82, 2.24) is 15.2 Å². The molecule has 0 fully saturated rings. The van der Waals surface area contributed by atoms with Gasteiger partial charge in [0.05, 0.1) is 5.69 Å². The second-order valence-electron chi connectivity index (χ2n) is 4.57. The molecule has 0 aliphatic rings. The van der Waals surface area contributed by atoms with Crippen LogP contribution in [-0.2, 0) is 6.42 Å². The summed E-state index contributed by atoms with van der Waals surface area (Å²) >= 11 is 0. The molecule has 0 spiro atoms. The van der Waals surface area contributed by atoms with Crippen LogP contribution in [0.3, 0.4) is 0 Å². The Balaban J connectivity index is 1.86. The lowest BCUT2D eigenvalue weighted by molar-refractivity contribution is 0.101. The number of carbonyl (C=O) groups excluding carboxylic acids is 1. The second kappa shape index (κ2) is 6.52. The molecule has 0 aliphatic carbocycles. The number of nitriles is 1. The summed E-state index contributed by atoms with van der Waals surface area (Å²) in [5.41, 5.74) is 7.15. The van der Waals surface area contributed by atoms with E-state index in [2.05, 4.69) is 20.5 Å². The predicted molar refractivity (Wildman–Crippen MR) is 78.8 cm³/mol. The molecule has 0 radical (unpaired) electrons. The number of rotatable bonds is 6. The fourth-order valence-electron chi connectivity index (χ4n) is 1.91. The van der Waals surface area contributed by atoms with E-state index in [0.717, 1.165) is 12.1 Å². The Hall–Kier alpha value is -2.88. The van der Waals surface area contributed by atoms with Gasteiger partial charge in [0.25, 0.3) is 0 Å². The number of nitrogen functional groups attached to an aromatic ring is 1. The zero-order valence-electron chi connectivity index (χ0n) is 11.7. The highest BCUT2D eigenvalue weighted by Crippen LogP contribution is 2.13. The first-order valence-electron chi connectivity index (χ1n) is 6.56. The van der Waals surface area contributed by atoms with E-state index in [1.165, 1.54) is 6.92 Å². The van der Waals surface area contributed by atoms with Crippen LogP contribution < -0.4 is 11.1 Å². The lowest BCUT2D eigenvalue weighted by atomic mass is 10.1. The third-order valence-corrected chi connectivity index (χ3v) is 3.00. The number of hydrogen-bond acceptors (Lipinski definition) is 6. The number of aryl methyl sites for hydroxylation is 1. The quantitative estimate of drug-likeness (QED) is 0.546. The minimum Gasteiger partial charge on any atom is -0.381 e. The number of anilines is 2. The lowest BCUT2D eigenvalue weighted by Gasteiger charge is -2.06. The second-order valence-corrected chi connectivity index (χ2v) is 4.57. The molecule has 0 saturated heterocycles. The van der Waals surface area contributed by atoms with E-state index in [1.807, 2.05) is 6.07 Å². The number of nitrogens with one attached hydrogen (secondary N) is 2. The van der Waals surface area contributed by atoms with Gasteiger partial charge >= 0.3 is 0 Å². The van der Waals surface area contributed by atoms with Crippen LogP contribution >= 0.6 is 0 Å². The Bertz CT molecular complexity index is 685. The van der Waals surface area contributed by atoms with Crippen molar-refractivity contribution in [2.24, 2.45) is 0 Å². The van der Waals surface area contributed by atoms with Gasteiger partial charge in [0.15, 0.2) is 11.6 Å². The summed E-state index contributed by atoms with van der Waals surface area (Å²) < 4.78 is 0. The largest absolute Gasteiger partial charge is 0.381 e. The molecule has 7 nitrogen and oxygen atoms in total. The third-order valence-electron chi connectivity index (χ3n) is 3.00. The van der Waals surface area contributed by atoms with E-state index >= 15 is 0 Å². The minimum atomic E-state index is -0.0646. The number of aromatic amines is 1. The zero-order valence-corrected chi connectivity index (χ0v) is 11.7. The molecule has 7 heteroatoms. The molecule has 108 valence electrons. The van der Waals surface area contributed by atoms with Crippen LogP contribution in [0.5, 0.6) is 0 Å². The van der Waals surface area contributed by atoms with Crippen molar-refractivity contribution in [3.05, 3.63) is 35.2 Å². The summed E-state index contributed by atoms with van der Waals surface area (Å²) in [6, 6.07) is 7.31. The first-order chi connectivity index (χ1) is 10.1. The van der Waals surface area contributed by atoms with E-state index < -0.39 is 0 Å². The molecule has 2 rings (SSSR count).